The Kier molecular flexibility index (Phi) is 5.10. The first-order chi connectivity index (χ1) is 10.2. The summed E-state index contributed by atoms with van der Waals surface area (Å²) < 4.78 is 1.13. The summed E-state index contributed by atoms with van der Waals surface area (Å²) in [6.07, 6.45) is 0. The topological polar surface area (TPSA) is 47.6 Å². The number of hydrogen-bond donors (Lipinski definition) is 2. The van der Waals surface area contributed by atoms with Crippen LogP contribution >= 0.6 is 22.6 Å². The molecule has 5 nitrogen and oxygen atoms in total. The van der Waals surface area contributed by atoms with Crippen molar-refractivity contribution < 1.29 is 4.79 Å². The molecule has 21 heavy (non-hydrogen) atoms. The average Bonchev–Trinajstić information content (AvgIpc) is 2.39. The molecule has 6 heteroatoms. The molecule has 1 aromatic rings. The molecule has 2 fully saturated rings. The molecule has 2 N–H and O–H groups in total. The van der Waals surface area contributed by atoms with Crippen molar-refractivity contribution in [2.45, 2.75) is 6.04 Å². The van der Waals surface area contributed by atoms with Crippen molar-refractivity contribution in [2.75, 3.05) is 51.1 Å². The second-order valence-corrected chi connectivity index (χ2v) is 6.93. The van der Waals surface area contributed by atoms with E-state index in [9.17, 15) is 4.79 Å². The van der Waals surface area contributed by atoms with Crippen molar-refractivity contribution in [1.29, 1.82) is 0 Å². The van der Waals surface area contributed by atoms with Crippen LogP contribution < -0.4 is 10.6 Å². The van der Waals surface area contributed by atoms with E-state index in [1.807, 2.05) is 24.3 Å². The molecule has 2 heterocycles. The Morgan fingerprint density at radius 3 is 2.67 bits per heavy atom. The molecule has 0 spiro atoms. The fourth-order valence-corrected chi connectivity index (χ4v) is 3.33. The zero-order valence-electron chi connectivity index (χ0n) is 12.0. The van der Waals surface area contributed by atoms with Crippen LogP contribution in [0.5, 0.6) is 0 Å². The Morgan fingerprint density at radius 1 is 1.29 bits per heavy atom. The number of anilines is 1. The smallest absolute Gasteiger partial charge is 0.238 e. The molecule has 1 aromatic carbocycles. The maximum Gasteiger partial charge on any atom is 0.238 e. The minimum Gasteiger partial charge on any atom is -0.325 e. The van der Waals surface area contributed by atoms with Gasteiger partial charge in [0.25, 0.3) is 0 Å². The molecule has 0 atom stereocenters. The van der Waals surface area contributed by atoms with Gasteiger partial charge in [0.2, 0.25) is 5.91 Å². The maximum absolute atomic E-state index is 12.1. The number of carbonyl (C=O) groups is 1. The van der Waals surface area contributed by atoms with Crippen LogP contribution in [0, 0.1) is 3.57 Å². The van der Waals surface area contributed by atoms with Gasteiger partial charge in [-0.15, -0.1) is 0 Å². The van der Waals surface area contributed by atoms with E-state index in [-0.39, 0.29) is 5.91 Å². The Bertz CT molecular complexity index is 498. The van der Waals surface area contributed by atoms with Crippen LogP contribution in [0.4, 0.5) is 5.69 Å². The second-order valence-electron chi connectivity index (χ2n) is 5.68. The lowest BCUT2D eigenvalue weighted by Gasteiger charge is -2.43. The van der Waals surface area contributed by atoms with Crippen LogP contribution in [0.3, 0.4) is 0 Å². The summed E-state index contributed by atoms with van der Waals surface area (Å²) in [5, 5.41) is 6.29. The summed E-state index contributed by atoms with van der Waals surface area (Å²) in [6, 6.07) is 8.61. The third-order valence-corrected chi connectivity index (χ3v) is 4.83. The summed E-state index contributed by atoms with van der Waals surface area (Å²) in [7, 11) is 0. The lowest BCUT2D eigenvalue weighted by molar-refractivity contribution is -0.117. The average molecular weight is 400 g/mol. The second kappa shape index (κ2) is 7.04. The van der Waals surface area contributed by atoms with Crippen molar-refractivity contribution >= 4 is 34.2 Å². The van der Waals surface area contributed by atoms with Gasteiger partial charge in [0.15, 0.2) is 0 Å². The van der Waals surface area contributed by atoms with Gasteiger partial charge in [0.05, 0.1) is 6.54 Å². The standard InChI is InChI=1S/C15H21IN4O/c16-12-2-1-3-13(8-12)18-15(21)11-19-4-6-20(7-5-19)14-9-17-10-14/h1-3,8,14,17H,4-7,9-11H2,(H,18,21). The number of halogens is 1. The minimum absolute atomic E-state index is 0.0794. The van der Waals surface area contributed by atoms with E-state index in [1.165, 1.54) is 0 Å². The Hall–Kier alpha value is -0.700. The predicted molar refractivity (Wildman–Crippen MR) is 92.5 cm³/mol. The van der Waals surface area contributed by atoms with E-state index in [0.717, 1.165) is 48.5 Å². The Morgan fingerprint density at radius 2 is 2.05 bits per heavy atom. The predicted octanol–water partition coefficient (Wildman–Crippen LogP) is 0.819. The molecule has 2 aliphatic rings. The number of carbonyl (C=O) groups excluding carboxylic acids is 1. The number of hydrogen-bond acceptors (Lipinski definition) is 4. The van der Waals surface area contributed by atoms with Gasteiger partial charge >= 0.3 is 0 Å². The monoisotopic (exact) mass is 400 g/mol. The highest BCUT2D eigenvalue weighted by atomic mass is 127. The van der Waals surface area contributed by atoms with Crippen LogP contribution in [-0.4, -0.2) is 67.6 Å². The van der Waals surface area contributed by atoms with Gasteiger partial charge < -0.3 is 10.6 Å². The van der Waals surface area contributed by atoms with Gasteiger partial charge in [0.1, 0.15) is 0 Å². The summed E-state index contributed by atoms with van der Waals surface area (Å²) in [6.45, 7) is 6.83. The highest BCUT2D eigenvalue weighted by Crippen LogP contribution is 2.13. The Balaban J connectivity index is 1.43. The normalized spacial score (nSPS) is 21.0. The van der Waals surface area contributed by atoms with Gasteiger partial charge in [-0.1, -0.05) is 6.07 Å². The van der Waals surface area contributed by atoms with Gasteiger partial charge in [-0.05, 0) is 40.8 Å². The van der Waals surface area contributed by atoms with Gasteiger partial charge in [0, 0.05) is 54.6 Å². The fourth-order valence-electron chi connectivity index (χ4n) is 2.79. The molecule has 1 amide bonds. The first kappa shape index (κ1) is 15.2. The van der Waals surface area contributed by atoms with Crippen LogP contribution in [0.2, 0.25) is 0 Å². The lowest BCUT2D eigenvalue weighted by atomic mass is 10.1. The first-order valence-corrected chi connectivity index (χ1v) is 8.51. The van der Waals surface area contributed by atoms with Crippen molar-refractivity contribution in [3.8, 4) is 0 Å². The van der Waals surface area contributed by atoms with E-state index in [4.69, 9.17) is 0 Å². The van der Waals surface area contributed by atoms with Gasteiger partial charge in [-0.2, -0.15) is 0 Å². The largest absolute Gasteiger partial charge is 0.325 e. The maximum atomic E-state index is 12.1. The molecular formula is C15H21IN4O. The fraction of sp³-hybridized carbons (Fsp3) is 0.533. The number of benzene rings is 1. The highest BCUT2D eigenvalue weighted by molar-refractivity contribution is 14.1. The number of piperazine rings is 1. The van der Waals surface area contributed by atoms with E-state index in [2.05, 4.69) is 43.0 Å². The first-order valence-electron chi connectivity index (χ1n) is 7.43. The highest BCUT2D eigenvalue weighted by Gasteiger charge is 2.28. The lowest BCUT2D eigenvalue weighted by Crippen LogP contribution is -2.61. The molecule has 0 bridgehead atoms. The molecule has 2 saturated heterocycles. The Labute approximate surface area is 139 Å². The van der Waals surface area contributed by atoms with Crippen molar-refractivity contribution in [3.05, 3.63) is 27.8 Å². The van der Waals surface area contributed by atoms with E-state index < -0.39 is 0 Å². The number of nitrogens with zero attached hydrogens (tertiary/aromatic N) is 2. The molecular weight excluding hydrogens is 379 g/mol. The van der Waals surface area contributed by atoms with Crippen LogP contribution in [0.1, 0.15) is 0 Å². The van der Waals surface area contributed by atoms with Gasteiger partial charge in [-0.3, -0.25) is 14.6 Å². The summed E-state index contributed by atoms with van der Waals surface area (Å²) in [5.74, 6) is 0.0794. The van der Waals surface area contributed by atoms with E-state index in [1.54, 1.807) is 0 Å². The molecule has 2 aliphatic heterocycles. The van der Waals surface area contributed by atoms with Crippen LogP contribution in [0.15, 0.2) is 24.3 Å². The molecule has 0 aliphatic carbocycles. The minimum atomic E-state index is 0.0794. The van der Waals surface area contributed by atoms with Crippen molar-refractivity contribution in [2.24, 2.45) is 0 Å². The van der Waals surface area contributed by atoms with Crippen LogP contribution in [-0.2, 0) is 4.79 Å². The molecule has 0 radical (unpaired) electrons. The van der Waals surface area contributed by atoms with E-state index >= 15 is 0 Å². The number of amides is 1. The number of nitrogens with one attached hydrogen (secondary N) is 2. The third-order valence-electron chi connectivity index (χ3n) is 4.16. The summed E-state index contributed by atoms with van der Waals surface area (Å²) in [4.78, 5) is 16.9. The van der Waals surface area contributed by atoms with Crippen LogP contribution in [0.25, 0.3) is 0 Å². The molecule has 0 aromatic heterocycles. The van der Waals surface area contributed by atoms with Crippen molar-refractivity contribution in [1.82, 2.24) is 15.1 Å². The van der Waals surface area contributed by atoms with E-state index in [0.29, 0.717) is 12.6 Å². The molecule has 114 valence electrons. The molecule has 3 rings (SSSR count). The quantitative estimate of drug-likeness (QED) is 0.735. The molecule has 0 saturated carbocycles. The molecule has 0 unspecified atom stereocenters. The number of rotatable bonds is 4. The summed E-state index contributed by atoms with van der Waals surface area (Å²) >= 11 is 2.25. The zero-order valence-corrected chi connectivity index (χ0v) is 14.2. The van der Waals surface area contributed by atoms with Crippen molar-refractivity contribution in [3.63, 3.8) is 0 Å². The zero-order chi connectivity index (χ0) is 14.7. The SMILES string of the molecule is O=C(CN1CCN(C2CNC2)CC1)Nc1cccc(I)c1. The van der Waals surface area contributed by atoms with Gasteiger partial charge in [-0.25, -0.2) is 0 Å². The summed E-state index contributed by atoms with van der Waals surface area (Å²) in [5.41, 5.74) is 0.881. The third kappa shape index (κ3) is 4.15.